The van der Waals surface area contributed by atoms with Crippen molar-refractivity contribution in [1.29, 1.82) is 0 Å². The Kier molecular flexibility index (Phi) is 45.0. The number of rotatable bonds is 48. The van der Waals surface area contributed by atoms with E-state index >= 15 is 0 Å². The zero-order chi connectivity index (χ0) is 47.1. The molecule has 8 nitrogen and oxygen atoms in total. The lowest BCUT2D eigenvalue weighted by molar-refractivity contribution is -0.870. The van der Waals surface area contributed by atoms with E-state index in [0.717, 1.165) is 57.8 Å². The van der Waals surface area contributed by atoms with Gasteiger partial charge in [0.25, 0.3) is 7.82 Å². The van der Waals surface area contributed by atoms with Gasteiger partial charge in [-0.2, -0.15) is 0 Å². The summed E-state index contributed by atoms with van der Waals surface area (Å²) < 4.78 is 23.2. The summed E-state index contributed by atoms with van der Waals surface area (Å²) in [5, 5.41) is 13.7. The van der Waals surface area contributed by atoms with E-state index in [1.165, 1.54) is 154 Å². The Morgan fingerprint density at radius 1 is 0.547 bits per heavy atom. The van der Waals surface area contributed by atoms with Gasteiger partial charge >= 0.3 is 0 Å². The number of phosphoric acid groups is 1. The minimum atomic E-state index is -4.60. The molecule has 64 heavy (non-hydrogen) atoms. The predicted molar refractivity (Wildman–Crippen MR) is 274 cm³/mol. The number of carbonyl (C=O) groups excluding carboxylic acids is 1. The quantitative estimate of drug-likeness (QED) is 0.0272. The second kappa shape index (κ2) is 46.3. The van der Waals surface area contributed by atoms with Gasteiger partial charge in [0.1, 0.15) is 13.2 Å². The van der Waals surface area contributed by atoms with Crippen molar-refractivity contribution < 1.29 is 32.9 Å². The Labute approximate surface area is 396 Å². The van der Waals surface area contributed by atoms with Gasteiger partial charge in [-0.3, -0.25) is 9.36 Å². The molecule has 3 atom stereocenters. The molecule has 0 bridgehead atoms. The smallest absolute Gasteiger partial charge is 0.268 e. The maximum absolute atomic E-state index is 12.9. The minimum absolute atomic E-state index is 0.00990. The van der Waals surface area contributed by atoms with Crippen molar-refractivity contribution in [2.24, 2.45) is 0 Å². The van der Waals surface area contributed by atoms with Crippen LogP contribution in [-0.2, 0) is 18.4 Å². The summed E-state index contributed by atoms with van der Waals surface area (Å²) in [5.74, 6) is -0.212. The summed E-state index contributed by atoms with van der Waals surface area (Å²) in [4.78, 5) is 25.3. The van der Waals surface area contributed by atoms with Gasteiger partial charge in [-0.15, -0.1) is 0 Å². The number of nitrogens with one attached hydrogen (secondary N) is 1. The molecule has 0 radical (unpaired) electrons. The lowest BCUT2D eigenvalue weighted by atomic mass is 10.0. The van der Waals surface area contributed by atoms with E-state index in [0.29, 0.717) is 17.4 Å². The lowest BCUT2D eigenvalue weighted by Gasteiger charge is -2.29. The highest BCUT2D eigenvalue weighted by molar-refractivity contribution is 7.45. The largest absolute Gasteiger partial charge is 0.756 e. The Morgan fingerprint density at radius 3 is 1.41 bits per heavy atom. The lowest BCUT2D eigenvalue weighted by Crippen LogP contribution is -2.45. The van der Waals surface area contributed by atoms with Crippen LogP contribution in [0.15, 0.2) is 60.8 Å². The van der Waals surface area contributed by atoms with Crippen LogP contribution in [0.25, 0.3) is 0 Å². The average Bonchev–Trinajstić information content (AvgIpc) is 3.25. The van der Waals surface area contributed by atoms with Gasteiger partial charge in [-0.1, -0.05) is 216 Å². The molecular formula is C55H103N2O6P. The molecule has 3 unspecified atom stereocenters. The number of nitrogens with zero attached hydrogens (tertiary/aromatic N) is 1. The van der Waals surface area contributed by atoms with Crippen LogP contribution in [-0.4, -0.2) is 68.5 Å². The molecule has 0 saturated heterocycles. The topological polar surface area (TPSA) is 108 Å². The van der Waals surface area contributed by atoms with Crippen LogP contribution in [0.3, 0.4) is 0 Å². The van der Waals surface area contributed by atoms with E-state index in [4.69, 9.17) is 9.05 Å². The van der Waals surface area contributed by atoms with Crippen molar-refractivity contribution in [3.63, 3.8) is 0 Å². The number of phosphoric ester groups is 1. The van der Waals surface area contributed by atoms with Gasteiger partial charge in [-0.05, 0) is 70.6 Å². The monoisotopic (exact) mass is 919 g/mol. The van der Waals surface area contributed by atoms with Gasteiger partial charge in [0.2, 0.25) is 5.91 Å². The molecule has 0 aliphatic rings. The number of hydrogen-bond donors (Lipinski definition) is 2. The highest BCUT2D eigenvalue weighted by Gasteiger charge is 2.23. The zero-order valence-electron chi connectivity index (χ0n) is 42.5. The summed E-state index contributed by atoms with van der Waals surface area (Å²) in [6, 6.07) is -0.908. The fourth-order valence-corrected chi connectivity index (χ4v) is 8.18. The van der Waals surface area contributed by atoms with Crippen LogP contribution >= 0.6 is 7.82 Å². The Balaban J connectivity index is 4.04. The molecule has 1 amide bonds. The number of hydrogen-bond acceptors (Lipinski definition) is 6. The number of aliphatic hydroxyl groups is 1. The maximum atomic E-state index is 12.9. The summed E-state index contributed by atoms with van der Waals surface area (Å²) >= 11 is 0. The molecule has 0 saturated carbocycles. The first-order valence-corrected chi connectivity index (χ1v) is 28.1. The predicted octanol–water partition coefficient (Wildman–Crippen LogP) is 15.1. The molecule has 0 rings (SSSR count). The number of allylic oxidation sites excluding steroid dienone is 9. The summed E-state index contributed by atoms with van der Waals surface area (Å²) in [7, 11) is 1.23. The van der Waals surface area contributed by atoms with Crippen LogP contribution in [0.5, 0.6) is 0 Å². The zero-order valence-corrected chi connectivity index (χ0v) is 43.4. The molecule has 0 aromatic heterocycles. The van der Waals surface area contributed by atoms with Crippen molar-refractivity contribution >= 4 is 13.7 Å². The first-order chi connectivity index (χ1) is 31.0. The Bertz CT molecular complexity index is 1230. The van der Waals surface area contributed by atoms with Crippen molar-refractivity contribution in [2.45, 2.75) is 244 Å². The molecule has 0 aliphatic carbocycles. The second-order valence-electron chi connectivity index (χ2n) is 19.2. The van der Waals surface area contributed by atoms with E-state index in [1.54, 1.807) is 6.08 Å². The number of carbonyl (C=O) groups is 1. The van der Waals surface area contributed by atoms with Crippen LogP contribution in [0, 0.1) is 0 Å². The first-order valence-electron chi connectivity index (χ1n) is 26.7. The van der Waals surface area contributed by atoms with E-state index in [9.17, 15) is 19.4 Å². The average molecular weight is 919 g/mol. The Hall–Kier alpha value is -1.80. The van der Waals surface area contributed by atoms with Crippen LogP contribution in [0.4, 0.5) is 0 Å². The molecule has 374 valence electrons. The number of aliphatic hydroxyl groups excluding tert-OH is 1. The van der Waals surface area contributed by atoms with E-state index in [1.807, 2.05) is 27.2 Å². The SMILES string of the molecule is CCC/C=C/CC/C=C/CC/C=C/C(O)C(COP(=O)([O-])OCC[N+](C)(C)C)NC(=O)CCCCCCCCCCCCCCCCCCCCC/C=C\C/C=C\CCCCCCC. The molecule has 0 aromatic rings. The molecule has 9 heteroatoms. The fourth-order valence-electron chi connectivity index (χ4n) is 7.46. The maximum Gasteiger partial charge on any atom is 0.268 e. The summed E-state index contributed by atoms with van der Waals surface area (Å²) in [5.41, 5.74) is 0. The minimum Gasteiger partial charge on any atom is -0.756 e. The van der Waals surface area contributed by atoms with Crippen LogP contribution < -0.4 is 10.2 Å². The van der Waals surface area contributed by atoms with Crippen LogP contribution in [0.1, 0.15) is 232 Å². The van der Waals surface area contributed by atoms with E-state index in [2.05, 4.69) is 67.8 Å². The number of amides is 1. The second-order valence-corrected chi connectivity index (χ2v) is 20.6. The van der Waals surface area contributed by atoms with Crippen molar-refractivity contribution in [3.05, 3.63) is 60.8 Å². The van der Waals surface area contributed by atoms with Crippen molar-refractivity contribution in [1.82, 2.24) is 5.32 Å². The highest BCUT2D eigenvalue weighted by Crippen LogP contribution is 2.38. The number of unbranched alkanes of at least 4 members (excludes halogenated alkanes) is 27. The van der Waals surface area contributed by atoms with E-state index < -0.39 is 26.6 Å². The molecule has 2 N–H and O–H groups in total. The standard InChI is InChI=1S/C55H103N2O6P/c1-6-8-10-12-14-16-18-19-20-21-22-23-24-25-26-27-28-29-30-31-32-33-34-35-36-37-39-41-43-45-47-49-55(59)56-53(52-63-64(60,61)62-51-50-57(3,4)5)54(58)48-46-44-42-40-38-17-15-13-11-9-7-2/h11,13,18-19,21-22,38,40,46,48,53-54,58H,6-10,12,14-17,20,23-37,39,41-45,47,49-52H2,1-5H3,(H-,56,59,60,61)/b13-11+,19-18-,22-21-,40-38+,48-46+. The van der Waals surface area contributed by atoms with Crippen LogP contribution in [0.2, 0.25) is 0 Å². The molecule has 0 aliphatic heterocycles. The summed E-state index contributed by atoms with van der Waals surface area (Å²) in [6.45, 7) is 4.53. The highest BCUT2D eigenvalue weighted by atomic mass is 31.2. The number of likely N-dealkylation sites (N-methyl/N-ethyl adjacent to an activating group) is 1. The van der Waals surface area contributed by atoms with Gasteiger partial charge in [0.05, 0.1) is 39.9 Å². The van der Waals surface area contributed by atoms with Crippen molar-refractivity contribution in [3.8, 4) is 0 Å². The third-order valence-corrected chi connectivity index (χ3v) is 12.6. The molecule has 0 fully saturated rings. The third-order valence-electron chi connectivity index (χ3n) is 11.7. The fraction of sp³-hybridized carbons (Fsp3) is 0.800. The van der Waals surface area contributed by atoms with Gasteiger partial charge in [0, 0.05) is 6.42 Å². The first kappa shape index (κ1) is 62.2. The molecule has 0 aromatic carbocycles. The normalized spacial score (nSPS) is 14.5. The van der Waals surface area contributed by atoms with Gasteiger partial charge in [0.15, 0.2) is 0 Å². The summed E-state index contributed by atoms with van der Waals surface area (Å²) in [6.07, 6.45) is 61.7. The number of quaternary nitrogens is 1. The van der Waals surface area contributed by atoms with Gasteiger partial charge < -0.3 is 28.8 Å². The molecule has 0 spiro atoms. The van der Waals surface area contributed by atoms with Crippen molar-refractivity contribution in [2.75, 3.05) is 40.9 Å². The molecule has 0 heterocycles. The van der Waals surface area contributed by atoms with E-state index in [-0.39, 0.29) is 12.5 Å². The Morgan fingerprint density at radius 2 is 0.953 bits per heavy atom. The third kappa shape index (κ3) is 48.1. The van der Waals surface area contributed by atoms with Gasteiger partial charge in [-0.25, -0.2) is 0 Å². The molecular weight excluding hydrogens is 816 g/mol.